The van der Waals surface area contributed by atoms with Gasteiger partial charge in [-0.05, 0) is 43.3 Å². The highest BCUT2D eigenvalue weighted by molar-refractivity contribution is 5.73. The number of fused-ring (bicyclic) bond motifs is 2. The van der Waals surface area contributed by atoms with Crippen LogP contribution >= 0.6 is 0 Å². The van der Waals surface area contributed by atoms with Gasteiger partial charge in [0.05, 0.1) is 30.7 Å². The summed E-state index contributed by atoms with van der Waals surface area (Å²) in [7, 11) is 1.68. The second-order valence-electron chi connectivity index (χ2n) is 10.4. The molecule has 1 fully saturated rings. The van der Waals surface area contributed by atoms with Gasteiger partial charge in [-0.25, -0.2) is 19.4 Å². The van der Waals surface area contributed by atoms with Gasteiger partial charge in [-0.1, -0.05) is 12.1 Å². The van der Waals surface area contributed by atoms with Crippen LogP contribution in [0, 0.1) is 0 Å². The van der Waals surface area contributed by atoms with Crippen LogP contribution in [0.4, 0.5) is 45.2 Å². The van der Waals surface area contributed by atoms with Crippen LogP contribution in [-0.2, 0) is 32.9 Å². The lowest BCUT2D eigenvalue weighted by Gasteiger charge is -2.26. The zero-order chi connectivity index (χ0) is 37.9. The molecule has 12 nitrogen and oxygen atoms in total. The number of nitrogens with zero attached hydrogens (tertiary/aromatic N) is 5. The molecule has 3 aromatic rings. The summed E-state index contributed by atoms with van der Waals surface area (Å²) < 4.78 is 101. The number of anilines is 1. The fraction of sp³-hybridized carbons (Fsp3) is 0.379. The summed E-state index contributed by atoms with van der Waals surface area (Å²) in [5, 5.41) is 21.4. The van der Waals surface area contributed by atoms with E-state index in [4.69, 9.17) is 39.4 Å². The number of rotatable bonds is 5. The Morgan fingerprint density at radius 1 is 0.740 bits per heavy atom. The van der Waals surface area contributed by atoms with Gasteiger partial charge in [-0.3, -0.25) is 14.9 Å². The van der Waals surface area contributed by atoms with Crippen molar-refractivity contribution in [2.24, 2.45) is 0 Å². The molecule has 0 aliphatic carbocycles. The Balaban J connectivity index is 0.000000338. The third-order valence-corrected chi connectivity index (χ3v) is 6.80. The molecule has 2 aliphatic heterocycles. The van der Waals surface area contributed by atoms with Gasteiger partial charge in [0.2, 0.25) is 5.88 Å². The highest BCUT2D eigenvalue weighted by Gasteiger charge is 2.48. The van der Waals surface area contributed by atoms with Gasteiger partial charge in [0, 0.05) is 49.2 Å². The van der Waals surface area contributed by atoms with Crippen LogP contribution in [-0.4, -0.2) is 98.4 Å². The standard InChI is InChI=1S/C23H25N5O.3C2HF3O2/c1-29-22-18(6-4-12-26-22)14-27-13-9-23(16-27)17-28(15-19-7-2-3-10-24-19)20-8-5-11-25-21(20)23;3*3-2(4,5)1(6)7/h2-8,10-12H,9,13-17H2,1H3;3*(H,6,7). The Bertz CT molecular complexity index is 1530. The molecule has 50 heavy (non-hydrogen) atoms. The number of carbonyl (C=O) groups is 3. The number of carboxylic acids is 3. The summed E-state index contributed by atoms with van der Waals surface area (Å²) in [4.78, 5) is 45.3. The Labute approximate surface area is 276 Å². The molecular weight excluding hydrogens is 701 g/mol. The minimum absolute atomic E-state index is 0.0703. The van der Waals surface area contributed by atoms with Gasteiger partial charge < -0.3 is 25.0 Å². The summed E-state index contributed by atoms with van der Waals surface area (Å²) in [5.74, 6) is -7.55. The van der Waals surface area contributed by atoms with E-state index in [0.29, 0.717) is 0 Å². The Kier molecular flexibility index (Phi) is 13.9. The van der Waals surface area contributed by atoms with Crippen LogP contribution in [0.25, 0.3) is 0 Å². The topological polar surface area (TPSA) is 166 Å². The van der Waals surface area contributed by atoms with Crippen molar-refractivity contribution in [3.8, 4) is 5.88 Å². The first-order chi connectivity index (χ1) is 23.1. The molecule has 1 unspecified atom stereocenters. The van der Waals surface area contributed by atoms with Gasteiger partial charge >= 0.3 is 36.4 Å². The molecule has 5 rings (SSSR count). The molecule has 3 aromatic heterocycles. The Morgan fingerprint density at radius 2 is 1.26 bits per heavy atom. The third-order valence-electron chi connectivity index (χ3n) is 6.80. The van der Waals surface area contributed by atoms with Crippen LogP contribution in [0.2, 0.25) is 0 Å². The largest absolute Gasteiger partial charge is 0.490 e. The number of ether oxygens (including phenoxy) is 1. The van der Waals surface area contributed by atoms with Crippen LogP contribution in [0.5, 0.6) is 5.88 Å². The Morgan fingerprint density at radius 3 is 1.76 bits per heavy atom. The van der Waals surface area contributed by atoms with Gasteiger partial charge in [0.25, 0.3) is 0 Å². The lowest BCUT2D eigenvalue weighted by Crippen LogP contribution is -2.36. The molecule has 21 heteroatoms. The number of pyridine rings is 3. The number of alkyl halides is 9. The number of halogens is 9. The number of hydrogen-bond acceptors (Lipinski definition) is 9. The average molecular weight is 730 g/mol. The quantitative estimate of drug-likeness (QED) is 0.303. The van der Waals surface area contributed by atoms with Crippen molar-refractivity contribution in [2.75, 3.05) is 31.6 Å². The number of hydrogen-bond donors (Lipinski definition) is 3. The van der Waals surface area contributed by atoms with Crippen LogP contribution < -0.4 is 9.64 Å². The first-order valence-corrected chi connectivity index (χ1v) is 13.8. The summed E-state index contributed by atoms with van der Waals surface area (Å²) in [6, 6.07) is 14.4. The molecule has 5 heterocycles. The van der Waals surface area contributed by atoms with Crippen LogP contribution in [0.15, 0.2) is 61.1 Å². The van der Waals surface area contributed by atoms with Crippen LogP contribution in [0.3, 0.4) is 0 Å². The molecule has 2 aliphatic rings. The summed E-state index contributed by atoms with van der Waals surface area (Å²) >= 11 is 0. The van der Waals surface area contributed by atoms with Crippen molar-refractivity contribution in [2.45, 2.75) is 43.5 Å². The highest BCUT2D eigenvalue weighted by Crippen LogP contribution is 2.46. The fourth-order valence-corrected chi connectivity index (χ4v) is 4.80. The lowest BCUT2D eigenvalue weighted by atomic mass is 9.85. The van der Waals surface area contributed by atoms with Crippen molar-refractivity contribution in [1.29, 1.82) is 0 Å². The van der Waals surface area contributed by atoms with Crippen molar-refractivity contribution in [3.63, 3.8) is 0 Å². The van der Waals surface area contributed by atoms with E-state index in [2.05, 4.69) is 44.0 Å². The van der Waals surface area contributed by atoms with E-state index in [1.165, 1.54) is 11.4 Å². The van der Waals surface area contributed by atoms with Crippen molar-refractivity contribution in [1.82, 2.24) is 19.9 Å². The molecule has 1 spiro atoms. The first kappa shape index (κ1) is 41.0. The van der Waals surface area contributed by atoms with E-state index in [1.54, 1.807) is 13.3 Å². The SMILES string of the molecule is COc1ncccc1CN1CCC2(C1)CN(Cc1ccccn1)c1cccnc12.O=C(O)C(F)(F)F.O=C(O)C(F)(F)F.O=C(O)C(F)(F)F. The average Bonchev–Trinajstić information content (AvgIpc) is 3.57. The number of aromatic nitrogens is 3. The summed E-state index contributed by atoms with van der Waals surface area (Å²) in [6.45, 7) is 4.69. The predicted molar refractivity (Wildman–Crippen MR) is 153 cm³/mol. The molecular formula is C29H28F9N5O7. The zero-order valence-electron chi connectivity index (χ0n) is 25.6. The highest BCUT2D eigenvalue weighted by atomic mass is 19.4. The Hall–Kier alpha value is -5.21. The smallest absolute Gasteiger partial charge is 0.481 e. The van der Waals surface area contributed by atoms with Crippen LogP contribution in [0.1, 0.15) is 23.4 Å². The normalized spacial score (nSPS) is 16.9. The van der Waals surface area contributed by atoms with Gasteiger partial charge in [-0.15, -0.1) is 0 Å². The second-order valence-corrected chi connectivity index (χ2v) is 10.4. The molecule has 1 saturated heterocycles. The minimum atomic E-state index is -5.08. The van der Waals surface area contributed by atoms with Crippen molar-refractivity contribution >= 4 is 23.6 Å². The number of carboxylic acid groups (broad SMARTS) is 3. The molecule has 3 N–H and O–H groups in total. The van der Waals surface area contributed by atoms with Gasteiger partial charge in [-0.2, -0.15) is 39.5 Å². The van der Waals surface area contributed by atoms with Gasteiger partial charge in [0.1, 0.15) is 0 Å². The molecule has 0 radical (unpaired) electrons. The zero-order valence-corrected chi connectivity index (χ0v) is 25.6. The molecule has 274 valence electrons. The molecule has 1 atom stereocenters. The monoisotopic (exact) mass is 729 g/mol. The molecule has 0 aromatic carbocycles. The lowest BCUT2D eigenvalue weighted by molar-refractivity contribution is -0.193. The van der Waals surface area contributed by atoms with Gasteiger partial charge in [0.15, 0.2) is 0 Å². The van der Waals surface area contributed by atoms with Crippen molar-refractivity contribution < 1.29 is 74.0 Å². The predicted octanol–water partition coefficient (Wildman–Crippen LogP) is 4.94. The minimum Gasteiger partial charge on any atom is -0.481 e. The number of methoxy groups -OCH3 is 1. The maximum absolute atomic E-state index is 10.6. The van der Waals surface area contributed by atoms with E-state index in [1.807, 2.05) is 30.6 Å². The van der Waals surface area contributed by atoms with E-state index >= 15 is 0 Å². The van der Waals surface area contributed by atoms with E-state index in [-0.39, 0.29) is 5.41 Å². The van der Waals surface area contributed by atoms with E-state index in [0.717, 1.165) is 56.3 Å². The molecule has 0 saturated carbocycles. The van der Waals surface area contributed by atoms with E-state index in [9.17, 15) is 39.5 Å². The third kappa shape index (κ3) is 12.0. The summed E-state index contributed by atoms with van der Waals surface area (Å²) in [5.41, 5.74) is 4.78. The maximum Gasteiger partial charge on any atom is 0.490 e. The number of aliphatic carboxylic acids is 3. The maximum atomic E-state index is 10.6. The second kappa shape index (κ2) is 16.9. The summed E-state index contributed by atoms with van der Waals surface area (Å²) in [6.07, 6.45) is -8.57. The molecule has 0 bridgehead atoms. The number of likely N-dealkylation sites (tertiary alicyclic amines) is 1. The van der Waals surface area contributed by atoms with E-state index < -0.39 is 36.4 Å². The first-order valence-electron chi connectivity index (χ1n) is 13.8. The molecule has 0 amide bonds. The van der Waals surface area contributed by atoms with Crippen molar-refractivity contribution in [3.05, 3.63) is 78.0 Å². The fourth-order valence-electron chi connectivity index (χ4n) is 4.80.